The van der Waals surface area contributed by atoms with Crippen molar-refractivity contribution < 1.29 is 9.53 Å². The number of amides is 1. The van der Waals surface area contributed by atoms with E-state index in [0.717, 1.165) is 10.9 Å². The average Bonchev–Trinajstić information content (AvgIpc) is 2.68. The van der Waals surface area contributed by atoms with Crippen LogP contribution in [0.25, 0.3) is 0 Å². The topological polar surface area (TPSA) is 64.3 Å². The largest absolute Gasteiger partial charge is 0.398 e. The van der Waals surface area contributed by atoms with Crippen molar-refractivity contribution in [3.05, 3.63) is 28.2 Å². The molecular formula is C12H15BrN2O2. The molecule has 0 spiro atoms. The Bertz CT molecular complexity index is 437. The van der Waals surface area contributed by atoms with Crippen LogP contribution in [0.2, 0.25) is 0 Å². The molecule has 1 heterocycles. The third-order valence-electron chi connectivity index (χ3n) is 2.96. The Labute approximate surface area is 109 Å². The number of rotatable bonds is 2. The monoisotopic (exact) mass is 298 g/mol. The first-order chi connectivity index (χ1) is 8.08. The summed E-state index contributed by atoms with van der Waals surface area (Å²) >= 11 is 3.31. The molecule has 1 saturated heterocycles. The average molecular weight is 299 g/mol. The zero-order chi connectivity index (χ0) is 12.4. The van der Waals surface area contributed by atoms with Crippen LogP contribution in [0.3, 0.4) is 0 Å². The maximum atomic E-state index is 12.0. The molecule has 17 heavy (non-hydrogen) atoms. The van der Waals surface area contributed by atoms with Gasteiger partial charge in [0.1, 0.15) is 0 Å². The summed E-state index contributed by atoms with van der Waals surface area (Å²) in [6.45, 7) is 2.67. The molecule has 2 rings (SSSR count). The van der Waals surface area contributed by atoms with Crippen molar-refractivity contribution in [2.45, 2.75) is 25.5 Å². The van der Waals surface area contributed by atoms with E-state index in [-0.39, 0.29) is 18.1 Å². The fraction of sp³-hybridized carbons (Fsp3) is 0.417. The molecule has 5 heteroatoms. The van der Waals surface area contributed by atoms with Gasteiger partial charge in [0, 0.05) is 22.3 Å². The van der Waals surface area contributed by atoms with Crippen LogP contribution in [-0.4, -0.2) is 24.7 Å². The molecule has 4 nitrogen and oxygen atoms in total. The number of hydrogen-bond acceptors (Lipinski definition) is 3. The van der Waals surface area contributed by atoms with Gasteiger partial charge >= 0.3 is 0 Å². The van der Waals surface area contributed by atoms with Crippen LogP contribution in [0.4, 0.5) is 5.69 Å². The lowest BCUT2D eigenvalue weighted by molar-refractivity contribution is 0.0866. The standard InChI is InChI=1S/C12H15BrN2O2/c1-7-11(4-5-17-7)15-12(16)8-2-3-10(14)9(13)6-8/h2-3,6-7,11H,4-5,14H2,1H3,(H,15,16). The molecule has 0 aliphatic carbocycles. The van der Waals surface area contributed by atoms with E-state index in [1.165, 1.54) is 0 Å². The minimum atomic E-state index is -0.0898. The van der Waals surface area contributed by atoms with Gasteiger partial charge in [0.2, 0.25) is 0 Å². The van der Waals surface area contributed by atoms with Crippen LogP contribution < -0.4 is 11.1 Å². The van der Waals surface area contributed by atoms with E-state index < -0.39 is 0 Å². The summed E-state index contributed by atoms with van der Waals surface area (Å²) in [5.41, 5.74) is 6.90. The lowest BCUT2D eigenvalue weighted by Crippen LogP contribution is -2.39. The third kappa shape index (κ3) is 2.79. The predicted octanol–water partition coefficient (Wildman–Crippen LogP) is 1.94. The van der Waals surface area contributed by atoms with E-state index >= 15 is 0 Å². The number of carbonyl (C=O) groups is 1. The third-order valence-corrected chi connectivity index (χ3v) is 3.64. The number of nitrogens with one attached hydrogen (secondary N) is 1. The first kappa shape index (κ1) is 12.4. The maximum Gasteiger partial charge on any atom is 0.251 e. The predicted molar refractivity (Wildman–Crippen MR) is 69.8 cm³/mol. The number of nitrogens with two attached hydrogens (primary N) is 1. The van der Waals surface area contributed by atoms with Gasteiger partial charge in [0.15, 0.2) is 0 Å². The lowest BCUT2D eigenvalue weighted by Gasteiger charge is -2.16. The van der Waals surface area contributed by atoms with Gasteiger partial charge in [-0.25, -0.2) is 0 Å². The van der Waals surface area contributed by atoms with Gasteiger partial charge in [-0.05, 0) is 47.5 Å². The Hall–Kier alpha value is -1.07. The van der Waals surface area contributed by atoms with Crippen LogP contribution >= 0.6 is 15.9 Å². The highest BCUT2D eigenvalue weighted by Crippen LogP contribution is 2.21. The van der Waals surface area contributed by atoms with Crippen molar-refractivity contribution in [2.75, 3.05) is 12.3 Å². The first-order valence-corrected chi connectivity index (χ1v) is 6.34. The van der Waals surface area contributed by atoms with Crippen LogP contribution in [0.5, 0.6) is 0 Å². The van der Waals surface area contributed by atoms with E-state index in [1.54, 1.807) is 18.2 Å². The maximum absolute atomic E-state index is 12.0. The van der Waals surface area contributed by atoms with Crippen molar-refractivity contribution >= 4 is 27.5 Å². The fourth-order valence-electron chi connectivity index (χ4n) is 1.84. The second kappa shape index (κ2) is 5.06. The second-order valence-corrected chi connectivity index (χ2v) is 5.04. The van der Waals surface area contributed by atoms with E-state index in [4.69, 9.17) is 10.5 Å². The normalized spacial score (nSPS) is 23.6. The van der Waals surface area contributed by atoms with Gasteiger partial charge in [-0.2, -0.15) is 0 Å². The molecular weight excluding hydrogens is 284 g/mol. The van der Waals surface area contributed by atoms with Crippen molar-refractivity contribution in [3.8, 4) is 0 Å². The number of benzene rings is 1. The Morgan fingerprint density at radius 1 is 1.59 bits per heavy atom. The molecule has 0 radical (unpaired) electrons. The molecule has 92 valence electrons. The van der Waals surface area contributed by atoms with E-state index in [0.29, 0.717) is 17.9 Å². The van der Waals surface area contributed by atoms with Crippen LogP contribution in [-0.2, 0) is 4.74 Å². The number of ether oxygens (including phenoxy) is 1. The van der Waals surface area contributed by atoms with Gasteiger partial charge in [0.05, 0.1) is 12.1 Å². The summed E-state index contributed by atoms with van der Waals surface area (Å²) in [5, 5.41) is 2.97. The van der Waals surface area contributed by atoms with Crippen LogP contribution in [0.15, 0.2) is 22.7 Å². The molecule has 1 aliphatic rings. The number of hydrogen-bond donors (Lipinski definition) is 2. The molecule has 0 aromatic heterocycles. The van der Waals surface area contributed by atoms with Crippen LogP contribution in [0.1, 0.15) is 23.7 Å². The van der Waals surface area contributed by atoms with Crippen LogP contribution in [0, 0.1) is 0 Å². The fourth-order valence-corrected chi connectivity index (χ4v) is 2.22. The second-order valence-electron chi connectivity index (χ2n) is 4.18. The lowest BCUT2D eigenvalue weighted by atomic mass is 10.1. The highest BCUT2D eigenvalue weighted by Gasteiger charge is 2.25. The van der Waals surface area contributed by atoms with E-state index in [1.807, 2.05) is 6.92 Å². The van der Waals surface area contributed by atoms with Gasteiger partial charge < -0.3 is 15.8 Å². The molecule has 2 unspecified atom stereocenters. The van der Waals surface area contributed by atoms with Crippen molar-refractivity contribution in [3.63, 3.8) is 0 Å². The minimum absolute atomic E-state index is 0.0798. The van der Waals surface area contributed by atoms with Crippen molar-refractivity contribution in [1.29, 1.82) is 0 Å². The molecule has 2 atom stereocenters. The summed E-state index contributed by atoms with van der Waals surface area (Å²) in [6, 6.07) is 5.26. The molecule has 1 aromatic carbocycles. The zero-order valence-electron chi connectivity index (χ0n) is 9.57. The summed E-state index contributed by atoms with van der Waals surface area (Å²) < 4.78 is 6.14. The number of halogens is 1. The molecule has 0 bridgehead atoms. The van der Waals surface area contributed by atoms with Gasteiger partial charge in [-0.15, -0.1) is 0 Å². The quantitative estimate of drug-likeness (QED) is 0.820. The smallest absolute Gasteiger partial charge is 0.251 e. The molecule has 0 saturated carbocycles. The van der Waals surface area contributed by atoms with Gasteiger partial charge in [-0.1, -0.05) is 0 Å². The zero-order valence-corrected chi connectivity index (χ0v) is 11.2. The SMILES string of the molecule is CC1OCCC1NC(=O)c1ccc(N)c(Br)c1. The summed E-state index contributed by atoms with van der Waals surface area (Å²) in [6.07, 6.45) is 0.944. The Morgan fingerprint density at radius 2 is 2.35 bits per heavy atom. The molecule has 3 N–H and O–H groups in total. The van der Waals surface area contributed by atoms with E-state index in [2.05, 4.69) is 21.2 Å². The highest BCUT2D eigenvalue weighted by molar-refractivity contribution is 9.10. The molecule has 1 aliphatic heterocycles. The van der Waals surface area contributed by atoms with Gasteiger partial charge in [0.25, 0.3) is 5.91 Å². The van der Waals surface area contributed by atoms with Gasteiger partial charge in [-0.3, -0.25) is 4.79 Å². The van der Waals surface area contributed by atoms with Crippen molar-refractivity contribution in [1.82, 2.24) is 5.32 Å². The molecule has 1 aromatic rings. The molecule has 1 amide bonds. The summed E-state index contributed by atoms with van der Waals surface area (Å²) in [4.78, 5) is 12.0. The summed E-state index contributed by atoms with van der Waals surface area (Å²) in [5.74, 6) is -0.0898. The molecule has 1 fully saturated rings. The Kier molecular flexibility index (Phi) is 3.69. The highest BCUT2D eigenvalue weighted by atomic mass is 79.9. The van der Waals surface area contributed by atoms with E-state index in [9.17, 15) is 4.79 Å². The Morgan fingerprint density at radius 3 is 2.94 bits per heavy atom. The Balaban J connectivity index is 2.06. The summed E-state index contributed by atoms with van der Waals surface area (Å²) in [7, 11) is 0. The first-order valence-electron chi connectivity index (χ1n) is 5.55. The number of carbonyl (C=O) groups excluding carboxylic acids is 1. The van der Waals surface area contributed by atoms with Crippen molar-refractivity contribution in [2.24, 2.45) is 0 Å². The number of nitrogen functional groups attached to an aromatic ring is 1. The number of anilines is 1. The minimum Gasteiger partial charge on any atom is -0.398 e.